The molecule has 0 radical (unpaired) electrons. The molecule has 7 heteroatoms. The Morgan fingerprint density at radius 2 is 1.93 bits per heavy atom. The van der Waals surface area contributed by atoms with Crippen LogP contribution >= 0.6 is 0 Å². The minimum atomic E-state index is -0.598. The van der Waals surface area contributed by atoms with E-state index in [2.05, 4.69) is 11.4 Å². The molecule has 0 aliphatic carbocycles. The predicted octanol–water partition coefficient (Wildman–Crippen LogP) is 2.39. The maximum atomic E-state index is 12.9. The summed E-state index contributed by atoms with van der Waals surface area (Å²) in [4.78, 5) is 37.7. The third kappa shape index (κ3) is 2.97. The molecule has 0 saturated carbocycles. The summed E-state index contributed by atoms with van der Waals surface area (Å²) in [5.41, 5.74) is 2.22. The van der Waals surface area contributed by atoms with Crippen LogP contribution in [0.15, 0.2) is 60.3 Å². The predicted molar refractivity (Wildman–Crippen MR) is 98.1 cm³/mol. The number of benzene rings is 2. The van der Waals surface area contributed by atoms with E-state index in [1.807, 2.05) is 18.2 Å². The smallest absolute Gasteiger partial charge is 0.280 e. The van der Waals surface area contributed by atoms with Gasteiger partial charge >= 0.3 is 0 Å². The average Bonchev–Trinajstić information content (AvgIpc) is 2.69. The molecule has 0 bridgehead atoms. The Balaban J connectivity index is 1.61. The van der Waals surface area contributed by atoms with Gasteiger partial charge in [-0.1, -0.05) is 36.4 Å². The van der Waals surface area contributed by atoms with Gasteiger partial charge in [0.05, 0.1) is 16.5 Å². The standard InChI is InChI=1S/C20H17N3O4/c24-19(15-7-3-4-8-17(15)23(26)27)11-16-20(25)22-10-9-13-5-1-2-6-14(13)18(22)12-21-16/h1-8,11,18,21H,9-10,12H2/b16-11-. The van der Waals surface area contributed by atoms with E-state index < -0.39 is 10.7 Å². The van der Waals surface area contributed by atoms with Crippen molar-refractivity contribution in [3.05, 3.63) is 87.1 Å². The Kier molecular flexibility index (Phi) is 4.19. The maximum absolute atomic E-state index is 12.9. The number of nitro groups is 1. The molecule has 1 fully saturated rings. The Morgan fingerprint density at radius 1 is 1.19 bits per heavy atom. The number of allylic oxidation sites excluding steroid dienone is 1. The van der Waals surface area contributed by atoms with Gasteiger partial charge in [-0.3, -0.25) is 19.7 Å². The van der Waals surface area contributed by atoms with E-state index in [1.54, 1.807) is 11.0 Å². The number of carbonyl (C=O) groups is 2. The van der Waals surface area contributed by atoms with Crippen molar-refractivity contribution in [3.8, 4) is 0 Å². The number of nitro benzene ring substituents is 1. The van der Waals surface area contributed by atoms with Gasteiger partial charge in [-0.05, 0) is 23.6 Å². The molecule has 0 aromatic heterocycles. The first-order valence-corrected chi connectivity index (χ1v) is 8.68. The number of rotatable bonds is 3. The molecule has 1 amide bonds. The number of carbonyl (C=O) groups excluding carboxylic acids is 2. The van der Waals surface area contributed by atoms with Crippen molar-refractivity contribution in [1.29, 1.82) is 0 Å². The van der Waals surface area contributed by atoms with E-state index >= 15 is 0 Å². The van der Waals surface area contributed by atoms with Gasteiger partial charge in [0.2, 0.25) is 0 Å². The average molecular weight is 363 g/mol. The molecule has 2 heterocycles. The first kappa shape index (κ1) is 17.0. The van der Waals surface area contributed by atoms with Gasteiger partial charge in [-0.25, -0.2) is 0 Å². The number of fused-ring (bicyclic) bond motifs is 3. The van der Waals surface area contributed by atoms with Crippen LogP contribution in [0.3, 0.4) is 0 Å². The molecule has 2 aliphatic rings. The first-order valence-electron chi connectivity index (χ1n) is 8.68. The van der Waals surface area contributed by atoms with Crippen LogP contribution in [-0.2, 0) is 11.2 Å². The number of nitrogens with one attached hydrogen (secondary N) is 1. The second-order valence-corrected chi connectivity index (χ2v) is 6.54. The minimum absolute atomic E-state index is 0.0317. The second-order valence-electron chi connectivity index (χ2n) is 6.54. The molecule has 7 nitrogen and oxygen atoms in total. The summed E-state index contributed by atoms with van der Waals surface area (Å²) in [5, 5.41) is 14.2. The topological polar surface area (TPSA) is 92.6 Å². The van der Waals surface area contributed by atoms with Crippen molar-refractivity contribution in [2.75, 3.05) is 13.1 Å². The van der Waals surface area contributed by atoms with Crippen LogP contribution in [0.4, 0.5) is 5.69 Å². The number of hydrogen-bond donors (Lipinski definition) is 1. The number of para-hydroxylation sites is 1. The van der Waals surface area contributed by atoms with E-state index in [9.17, 15) is 19.7 Å². The highest BCUT2D eigenvalue weighted by molar-refractivity contribution is 6.11. The van der Waals surface area contributed by atoms with E-state index in [0.717, 1.165) is 12.0 Å². The van der Waals surface area contributed by atoms with E-state index in [0.29, 0.717) is 13.1 Å². The molecular formula is C20H17N3O4. The van der Waals surface area contributed by atoms with Gasteiger partial charge in [0.25, 0.3) is 11.6 Å². The maximum Gasteiger partial charge on any atom is 0.280 e. The lowest BCUT2D eigenvalue weighted by Crippen LogP contribution is -2.51. The van der Waals surface area contributed by atoms with Crippen LogP contribution in [0.5, 0.6) is 0 Å². The summed E-state index contributed by atoms with van der Waals surface area (Å²) in [5.74, 6) is -0.818. The summed E-state index contributed by atoms with van der Waals surface area (Å²) in [7, 11) is 0. The zero-order chi connectivity index (χ0) is 19.0. The fourth-order valence-electron chi connectivity index (χ4n) is 3.71. The van der Waals surface area contributed by atoms with Crippen molar-refractivity contribution >= 4 is 17.4 Å². The van der Waals surface area contributed by atoms with Gasteiger partial charge in [-0.2, -0.15) is 0 Å². The summed E-state index contributed by atoms with van der Waals surface area (Å²) in [6.45, 7) is 1.08. The molecule has 0 spiro atoms. The third-order valence-corrected chi connectivity index (χ3v) is 5.03. The minimum Gasteiger partial charge on any atom is -0.378 e. The fourth-order valence-corrected chi connectivity index (χ4v) is 3.71. The Hall–Kier alpha value is -3.48. The molecule has 2 aliphatic heterocycles. The molecule has 2 aromatic carbocycles. The van der Waals surface area contributed by atoms with Crippen LogP contribution < -0.4 is 5.32 Å². The normalized spacial score (nSPS) is 19.9. The first-order chi connectivity index (χ1) is 13.1. The highest BCUT2D eigenvalue weighted by Gasteiger charge is 2.36. The molecule has 1 saturated heterocycles. The Bertz CT molecular complexity index is 983. The zero-order valence-electron chi connectivity index (χ0n) is 14.4. The monoisotopic (exact) mass is 363 g/mol. The summed E-state index contributed by atoms with van der Waals surface area (Å²) < 4.78 is 0. The van der Waals surface area contributed by atoms with Crippen LogP contribution in [-0.4, -0.2) is 34.6 Å². The summed E-state index contributed by atoms with van der Waals surface area (Å²) in [6.07, 6.45) is 1.94. The lowest BCUT2D eigenvalue weighted by atomic mass is 9.90. The van der Waals surface area contributed by atoms with Gasteiger partial charge in [0.1, 0.15) is 5.70 Å². The summed E-state index contributed by atoms with van der Waals surface area (Å²) in [6, 6.07) is 13.7. The van der Waals surface area contributed by atoms with Crippen molar-refractivity contribution in [2.24, 2.45) is 0 Å². The molecule has 1 unspecified atom stereocenters. The molecule has 27 heavy (non-hydrogen) atoms. The lowest BCUT2D eigenvalue weighted by molar-refractivity contribution is -0.385. The van der Waals surface area contributed by atoms with Crippen LogP contribution in [0, 0.1) is 10.1 Å². The van der Waals surface area contributed by atoms with Crippen molar-refractivity contribution in [1.82, 2.24) is 10.2 Å². The lowest BCUT2D eigenvalue weighted by Gasteiger charge is -2.41. The number of amides is 1. The van der Waals surface area contributed by atoms with Crippen LogP contribution in [0.1, 0.15) is 27.5 Å². The molecule has 2 aromatic rings. The molecular weight excluding hydrogens is 346 g/mol. The van der Waals surface area contributed by atoms with E-state index in [4.69, 9.17) is 0 Å². The van der Waals surface area contributed by atoms with Crippen molar-refractivity contribution in [3.63, 3.8) is 0 Å². The summed E-state index contributed by atoms with van der Waals surface area (Å²) >= 11 is 0. The van der Waals surface area contributed by atoms with Crippen LogP contribution in [0.2, 0.25) is 0 Å². The van der Waals surface area contributed by atoms with E-state index in [1.165, 1.54) is 29.8 Å². The molecule has 1 N–H and O–H groups in total. The van der Waals surface area contributed by atoms with Gasteiger partial charge in [0.15, 0.2) is 5.78 Å². The number of ketones is 1. The highest BCUT2D eigenvalue weighted by atomic mass is 16.6. The second kappa shape index (κ2) is 6.68. The van der Waals surface area contributed by atoms with Gasteiger partial charge in [0, 0.05) is 25.2 Å². The van der Waals surface area contributed by atoms with Gasteiger partial charge in [-0.15, -0.1) is 0 Å². The number of nitrogens with zero attached hydrogens (tertiary/aromatic N) is 2. The van der Waals surface area contributed by atoms with E-state index in [-0.39, 0.29) is 28.9 Å². The Labute approximate surface area is 155 Å². The molecule has 1 atom stereocenters. The van der Waals surface area contributed by atoms with Crippen molar-refractivity contribution in [2.45, 2.75) is 12.5 Å². The largest absolute Gasteiger partial charge is 0.378 e. The van der Waals surface area contributed by atoms with Gasteiger partial charge < -0.3 is 10.2 Å². The Morgan fingerprint density at radius 3 is 2.74 bits per heavy atom. The SMILES string of the molecule is O=C(/C=C1\NCC2c3ccccc3CCN2C1=O)c1ccccc1[N+](=O)[O-]. The fraction of sp³-hybridized carbons (Fsp3) is 0.200. The molecule has 136 valence electrons. The third-order valence-electron chi connectivity index (χ3n) is 5.03. The zero-order valence-corrected chi connectivity index (χ0v) is 14.4. The highest BCUT2D eigenvalue weighted by Crippen LogP contribution is 2.32. The number of piperazine rings is 1. The molecule has 4 rings (SSSR count). The quantitative estimate of drug-likeness (QED) is 0.391. The van der Waals surface area contributed by atoms with Crippen molar-refractivity contribution < 1.29 is 14.5 Å². The van der Waals surface area contributed by atoms with Crippen LogP contribution in [0.25, 0.3) is 0 Å². The number of hydrogen-bond acceptors (Lipinski definition) is 5.